The lowest BCUT2D eigenvalue weighted by Gasteiger charge is -2.38. The predicted molar refractivity (Wildman–Crippen MR) is 189 cm³/mol. The van der Waals surface area contributed by atoms with Crippen LogP contribution < -0.4 is 10.3 Å². The highest BCUT2D eigenvalue weighted by Gasteiger charge is 2.40. The summed E-state index contributed by atoms with van der Waals surface area (Å²) in [6, 6.07) is 38.3. The summed E-state index contributed by atoms with van der Waals surface area (Å²) in [4.78, 5) is 7.90. The minimum Gasteiger partial charge on any atom is -0.394 e. The van der Waals surface area contributed by atoms with Crippen molar-refractivity contribution in [1.82, 2.24) is 29.0 Å². The minimum atomic E-state index is -0.538. The average molecular weight is 614 g/mol. The van der Waals surface area contributed by atoms with E-state index in [0.717, 1.165) is 39.5 Å². The van der Waals surface area contributed by atoms with Gasteiger partial charge in [0.1, 0.15) is 17.4 Å². The van der Waals surface area contributed by atoms with Crippen LogP contribution in [-0.4, -0.2) is 43.1 Å². The summed E-state index contributed by atoms with van der Waals surface area (Å²) in [6.07, 6.45) is 9.98. The zero-order valence-corrected chi connectivity index (χ0v) is 27.1. The Kier molecular flexibility index (Phi) is 6.94. The Hall–Kier alpha value is -5.63. The van der Waals surface area contributed by atoms with E-state index in [4.69, 9.17) is 15.2 Å². The van der Waals surface area contributed by atoms with Crippen molar-refractivity contribution in [2.24, 2.45) is 0 Å². The number of fused-ring (bicyclic) bond motifs is 3. The third-order valence-corrected chi connectivity index (χ3v) is 9.84. The van der Waals surface area contributed by atoms with Gasteiger partial charge >= 0.3 is 6.98 Å². The molecule has 1 aliphatic rings. The molecule has 3 aromatic heterocycles. The Morgan fingerprint density at radius 1 is 0.723 bits per heavy atom. The van der Waals surface area contributed by atoms with Crippen LogP contribution in [0.15, 0.2) is 140 Å². The van der Waals surface area contributed by atoms with Gasteiger partial charge in [0, 0.05) is 42.2 Å². The Bertz CT molecular complexity index is 2130. The largest absolute Gasteiger partial charge is 0.417 e. The van der Waals surface area contributed by atoms with Gasteiger partial charge in [0.25, 0.3) is 0 Å². The first kappa shape index (κ1) is 28.8. The van der Waals surface area contributed by atoms with Gasteiger partial charge in [-0.15, -0.1) is 0 Å². The van der Waals surface area contributed by atoms with E-state index >= 15 is 0 Å². The first-order valence-corrected chi connectivity index (χ1v) is 16.1. The van der Waals surface area contributed by atoms with Crippen LogP contribution in [0, 0.1) is 13.8 Å². The van der Waals surface area contributed by atoms with Gasteiger partial charge in [-0.05, 0) is 74.2 Å². The Balaban J connectivity index is 1.38. The highest BCUT2D eigenvalue weighted by molar-refractivity contribution is 6.77. The fourth-order valence-electron chi connectivity index (χ4n) is 7.40. The van der Waals surface area contributed by atoms with Crippen molar-refractivity contribution in [1.29, 1.82) is 0 Å². The molecular weight excluding hydrogens is 577 g/mol. The lowest BCUT2D eigenvalue weighted by Crippen LogP contribution is -2.56. The van der Waals surface area contributed by atoms with E-state index in [2.05, 4.69) is 145 Å². The van der Waals surface area contributed by atoms with Crippen molar-refractivity contribution in [3.63, 3.8) is 0 Å². The number of anilines is 1. The molecule has 0 saturated carbocycles. The highest BCUT2D eigenvalue weighted by atomic mass is 15.3. The molecule has 0 fully saturated rings. The number of nitrogens with zero attached hydrogens (tertiary/aromatic N) is 7. The molecule has 7 nitrogen and oxygen atoms in total. The van der Waals surface area contributed by atoms with Crippen molar-refractivity contribution in [2.75, 3.05) is 11.9 Å². The second-order valence-electron chi connectivity index (χ2n) is 12.6. The predicted octanol–water partition coefficient (Wildman–Crippen LogP) is 6.70. The average Bonchev–Trinajstić information content (AvgIpc) is 3.90. The SMILES string of the molecule is Cc1cccc(C)c1B1N(C)c2ccc(C(C)(c3ccccc3)n3cccn3)cc2-c2nc([C@@H](c3ccccc3)n3cccn3)cn21. The second-order valence-corrected chi connectivity index (χ2v) is 12.6. The Morgan fingerprint density at radius 2 is 1.43 bits per heavy atom. The summed E-state index contributed by atoms with van der Waals surface area (Å²) < 4.78 is 6.42. The van der Waals surface area contributed by atoms with Crippen LogP contribution >= 0.6 is 0 Å². The van der Waals surface area contributed by atoms with Crippen molar-refractivity contribution in [3.05, 3.63) is 174 Å². The van der Waals surface area contributed by atoms with Gasteiger partial charge in [-0.1, -0.05) is 96.1 Å². The first-order valence-electron chi connectivity index (χ1n) is 16.1. The molecule has 0 amide bonds. The Labute approximate surface area is 275 Å². The summed E-state index contributed by atoms with van der Waals surface area (Å²) in [5.74, 6) is 0.937. The molecule has 7 aromatic rings. The number of rotatable bonds is 7. The number of aryl methyl sites for hydroxylation is 2. The van der Waals surface area contributed by atoms with E-state index in [1.165, 1.54) is 16.6 Å². The van der Waals surface area contributed by atoms with E-state index in [-0.39, 0.29) is 13.0 Å². The van der Waals surface area contributed by atoms with E-state index in [1.807, 2.05) is 41.6 Å². The topological polar surface area (TPSA) is 56.7 Å². The fourth-order valence-corrected chi connectivity index (χ4v) is 7.40. The number of aromatic nitrogens is 6. The van der Waals surface area contributed by atoms with Gasteiger partial charge in [-0.2, -0.15) is 10.2 Å². The van der Waals surface area contributed by atoms with Crippen LogP contribution in [-0.2, 0) is 5.54 Å². The molecule has 4 aromatic carbocycles. The first-order chi connectivity index (χ1) is 22.9. The highest BCUT2D eigenvalue weighted by Crippen LogP contribution is 2.42. The van der Waals surface area contributed by atoms with Crippen LogP contribution in [0.25, 0.3) is 11.4 Å². The molecule has 1 aliphatic heterocycles. The molecule has 0 spiro atoms. The van der Waals surface area contributed by atoms with E-state index < -0.39 is 5.54 Å². The molecule has 8 rings (SSSR count). The van der Waals surface area contributed by atoms with Gasteiger partial charge in [-0.25, -0.2) is 4.98 Å². The van der Waals surface area contributed by atoms with Gasteiger partial charge < -0.3 is 9.29 Å². The summed E-state index contributed by atoms with van der Waals surface area (Å²) in [5, 5.41) is 9.44. The smallest absolute Gasteiger partial charge is 0.394 e. The summed E-state index contributed by atoms with van der Waals surface area (Å²) in [6.45, 7) is 6.58. The number of hydrogen-bond acceptors (Lipinski definition) is 4. The molecule has 0 N–H and O–H groups in total. The maximum Gasteiger partial charge on any atom is 0.417 e. The van der Waals surface area contributed by atoms with Crippen LogP contribution in [0.5, 0.6) is 0 Å². The van der Waals surface area contributed by atoms with E-state index in [1.54, 1.807) is 0 Å². The molecule has 2 atom stereocenters. The molecule has 230 valence electrons. The second kappa shape index (κ2) is 11.3. The number of benzene rings is 4. The van der Waals surface area contributed by atoms with Crippen LogP contribution in [0.3, 0.4) is 0 Å². The van der Waals surface area contributed by atoms with E-state index in [9.17, 15) is 0 Å². The monoisotopic (exact) mass is 613 g/mol. The summed E-state index contributed by atoms with van der Waals surface area (Å²) in [5.41, 5.74) is 9.84. The lowest BCUT2D eigenvalue weighted by molar-refractivity contribution is 0.425. The molecule has 4 heterocycles. The van der Waals surface area contributed by atoms with Crippen molar-refractivity contribution in [3.8, 4) is 11.4 Å². The molecule has 8 heteroatoms. The number of hydrogen-bond donors (Lipinski definition) is 0. The zero-order valence-electron chi connectivity index (χ0n) is 27.1. The van der Waals surface area contributed by atoms with Gasteiger partial charge in [-0.3, -0.25) is 9.36 Å². The molecule has 47 heavy (non-hydrogen) atoms. The molecular formula is C39H36BN7. The summed E-state index contributed by atoms with van der Waals surface area (Å²) in [7, 11) is 2.20. The standard InChI is InChI=1S/C39H36BN7/c1-28-14-11-15-29(2)36(28)40-44(4)35-21-20-32(39(3,47-25-13-23-42-47)31-18-9-6-10-19-31)26-33(35)38-43-34(27-45(38)40)37(46-24-12-22-41-46)30-16-7-5-8-17-30/h5-27,37H,1-4H3/t37-,39?/m1/s1. The van der Waals surface area contributed by atoms with Gasteiger partial charge in [0.15, 0.2) is 0 Å². The molecule has 1 unspecified atom stereocenters. The minimum absolute atomic E-state index is 0.0773. The lowest BCUT2D eigenvalue weighted by atomic mass is 9.60. The quantitative estimate of drug-likeness (QED) is 0.188. The van der Waals surface area contributed by atoms with Crippen molar-refractivity contribution < 1.29 is 0 Å². The third-order valence-electron chi connectivity index (χ3n) is 9.84. The van der Waals surface area contributed by atoms with Crippen LogP contribution in [0.4, 0.5) is 5.69 Å². The summed E-state index contributed by atoms with van der Waals surface area (Å²) >= 11 is 0. The van der Waals surface area contributed by atoms with Crippen LogP contribution in [0.2, 0.25) is 0 Å². The number of imidazole rings is 1. The maximum absolute atomic E-state index is 5.51. The molecule has 0 bridgehead atoms. The Morgan fingerprint density at radius 3 is 2.11 bits per heavy atom. The van der Waals surface area contributed by atoms with Gasteiger partial charge in [0.2, 0.25) is 0 Å². The third kappa shape index (κ3) is 4.63. The molecule has 0 radical (unpaired) electrons. The maximum atomic E-state index is 5.51. The normalized spacial score (nSPS) is 14.4. The molecule has 0 aliphatic carbocycles. The molecule has 0 saturated heterocycles. The zero-order chi connectivity index (χ0) is 32.1. The van der Waals surface area contributed by atoms with Crippen molar-refractivity contribution >= 4 is 18.1 Å². The van der Waals surface area contributed by atoms with Gasteiger partial charge in [0.05, 0.1) is 5.69 Å². The van der Waals surface area contributed by atoms with Crippen LogP contribution in [0.1, 0.15) is 46.5 Å². The fraction of sp³-hybridized carbons (Fsp3) is 0.154. The van der Waals surface area contributed by atoms with E-state index in [0.29, 0.717) is 0 Å². The van der Waals surface area contributed by atoms with Crippen molar-refractivity contribution in [2.45, 2.75) is 32.4 Å².